The fraction of sp³-hybridized carbons (Fsp3) is 0.692. The van der Waals surface area contributed by atoms with Crippen molar-refractivity contribution in [2.45, 2.75) is 95.4 Å². The Labute approximate surface area is 220 Å². The van der Waals surface area contributed by atoms with Crippen molar-refractivity contribution in [1.29, 1.82) is 0 Å². The van der Waals surface area contributed by atoms with Gasteiger partial charge in [0.05, 0.1) is 11.3 Å². The Bertz CT molecular complexity index is 1020. The number of ether oxygens (including phenoxy) is 4. The first kappa shape index (κ1) is 29.1. The minimum Gasteiger partial charge on any atom is -0.462 e. The number of rotatable bonds is 3. The maximum Gasteiger partial charge on any atom is 0.312 e. The predicted octanol–water partition coefficient (Wildman–Crippen LogP) is 1.97. The molecule has 2 N–H and O–H groups in total. The van der Waals surface area contributed by atoms with Gasteiger partial charge in [-0.05, 0) is 32.8 Å². The zero-order valence-corrected chi connectivity index (χ0v) is 22.6. The highest BCUT2D eigenvalue weighted by atomic mass is 35.5. The molecule has 0 radical (unpaired) electrons. The molecule has 1 saturated heterocycles. The Hall–Kier alpha value is -2.43. The maximum atomic E-state index is 12.8. The second-order valence-corrected chi connectivity index (χ2v) is 11.1. The molecular weight excluding hydrogens is 508 g/mol. The summed E-state index contributed by atoms with van der Waals surface area (Å²) in [7, 11) is 0. The lowest BCUT2D eigenvalue weighted by molar-refractivity contribution is -0.245. The number of alkyl halides is 1. The molecule has 0 bridgehead atoms. The average molecular weight is 543 g/mol. The number of carbonyl (C=O) groups excluding carboxylic acids is 4. The third kappa shape index (κ3) is 4.91. The van der Waals surface area contributed by atoms with Crippen LogP contribution in [0.3, 0.4) is 0 Å². The van der Waals surface area contributed by atoms with E-state index in [0.717, 1.165) is 6.92 Å². The van der Waals surface area contributed by atoms with E-state index in [9.17, 15) is 29.4 Å². The van der Waals surface area contributed by atoms with E-state index in [2.05, 4.69) is 6.58 Å². The Morgan fingerprint density at radius 3 is 2.19 bits per heavy atom. The lowest BCUT2D eigenvalue weighted by Crippen LogP contribution is -2.70. The van der Waals surface area contributed by atoms with Crippen molar-refractivity contribution in [1.82, 2.24) is 0 Å². The third-order valence-electron chi connectivity index (χ3n) is 7.98. The van der Waals surface area contributed by atoms with Crippen molar-refractivity contribution >= 4 is 35.5 Å². The zero-order valence-electron chi connectivity index (χ0n) is 21.9. The van der Waals surface area contributed by atoms with E-state index in [1.54, 1.807) is 13.0 Å². The van der Waals surface area contributed by atoms with Crippen LogP contribution in [0.25, 0.3) is 0 Å². The second kappa shape index (κ2) is 10.0. The molecule has 2 aliphatic carbocycles. The van der Waals surface area contributed by atoms with Crippen LogP contribution in [0.1, 0.15) is 54.4 Å². The van der Waals surface area contributed by atoms with Crippen LogP contribution in [-0.4, -0.2) is 75.1 Å². The van der Waals surface area contributed by atoms with Crippen molar-refractivity contribution in [2.75, 3.05) is 0 Å². The molecule has 2 fully saturated rings. The largest absolute Gasteiger partial charge is 0.462 e. The van der Waals surface area contributed by atoms with E-state index >= 15 is 0 Å². The van der Waals surface area contributed by atoms with Gasteiger partial charge in [-0.1, -0.05) is 25.2 Å². The predicted molar refractivity (Wildman–Crippen MR) is 130 cm³/mol. The average Bonchev–Trinajstić information content (AvgIpc) is 3.00. The summed E-state index contributed by atoms with van der Waals surface area (Å²) < 4.78 is 22.4. The molecule has 0 amide bonds. The number of aliphatic hydroxyl groups is 2. The van der Waals surface area contributed by atoms with E-state index in [1.165, 1.54) is 33.8 Å². The minimum absolute atomic E-state index is 0.203. The summed E-state index contributed by atoms with van der Waals surface area (Å²) >= 11 is 6.69. The van der Waals surface area contributed by atoms with Gasteiger partial charge >= 0.3 is 23.9 Å². The lowest BCUT2D eigenvalue weighted by Gasteiger charge is -2.57. The van der Waals surface area contributed by atoms with Crippen molar-refractivity contribution in [3.05, 3.63) is 24.3 Å². The molecule has 0 spiro atoms. The highest BCUT2D eigenvalue weighted by Gasteiger charge is 2.70. The summed E-state index contributed by atoms with van der Waals surface area (Å²) in [5.41, 5.74) is -5.11. The Morgan fingerprint density at radius 1 is 1.08 bits per heavy atom. The number of esters is 4. The highest BCUT2D eigenvalue weighted by molar-refractivity contribution is 6.23. The molecular formula is C26H35ClO10. The fourth-order valence-electron chi connectivity index (χ4n) is 6.11. The molecule has 0 aromatic carbocycles. The van der Waals surface area contributed by atoms with E-state index in [4.69, 9.17) is 30.5 Å². The topological polar surface area (TPSA) is 146 Å². The molecule has 1 saturated carbocycles. The van der Waals surface area contributed by atoms with Gasteiger partial charge in [-0.2, -0.15) is 0 Å². The van der Waals surface area contributed by atoms with E-state index in [0.29, 0.717) is 5.57 Å². The molecule has 10 nitrogen and oxygen atoms in total. The van der Waals surface area contributed by atoms with Gasteiger partial charge in [0, 0.05) is 32.1 Å². The first-order valence-corrected chi connectivity index (χ1v) is 12.6. The maximum absolute atomic E-state index is 12.8. The Morgan fingerprint density at radius 2 is 1.65 bits per heavy atom. The monoisotopic (exact) mass is 542 g/mol. The SMILES string of the molecule is C=C1CCC(OC(C)=O)C2(C)C=CC(OC(C)=O)C(C)(O)C2C(OC(C)=O)C2(O)C(C)C(=O)OC2C1Cl. The molecule has 11 heteroatoms. The third-order valence-corrected chi connectivity index (χ3v) is 8.52. The molecule has 37 heavy (non-hydrogen) atoms. The van der Waals surface area contributed by atoms with Crippen LogP contribution in [0.2, 0.25) is 0 Å². The van der Waals surface area contributed by atoms with Gasteiger partial charge in [-0.3, -0.25) is 19.2 Å². The van der Waals surface area contributed by atoms with Gasteiger partial charge < -0.3 is 29.2 Å². The number of hydrogen-bond donors (Lipinski definition) is 2. The molecule has 10 atom stereocenters. The van der Waals surface area contributed by atoms with Crippen molar-refractivity contribution in [2.24, 2.45) is 17.3 Å². The van der Waals surface area contributed by atoms with Crippen molar-refractivity contribution < 1.29 is 48.3 Å². The van der Waals surface area contributed by atoms with E-state index in [1.807, 2.05) is 0 Å². The highest BCUT2D eigenvalue weighted by Crippen LogP contribution is 2.56. The zero-order chi connectivity index (χ0) is 28.1. The first-order valence-electron chi connectivity index (χ1n) is 12.2. The fourth-order valence-corrected chi connectivity index (χ4v) is 6.47. The van der Waals surface area contributed by atoms with Gasteiger partial charge in [-0.15, -0.1) is 11.6 Å². The number of halogens is 1. The van der Waals surface area contributed by atoms with E-state index in [-0.39, 0.29) is 12.8 Å². The molecule has 3 rings (SSSR count). The smallest absolute Gasteiger partial charge is 0.312 e. The molecule has 206 valence electrons. The molecule has 1 aliphatic heterocycles. The molecule has 0 aromatic rings. The Kier molecular flexibility index (Phi) is 7.90. The number of carbonyl (C=O) groups is 4. The van der Waals surface area contributed by atoms with Gasteiger partial charge in [0.15, 0.2) is 11.7 Å². The summed E-state index contributed by atoms with van der Waals surface area (Å²) in [6.07, 6.45) is -1.60. The van der Waals surface area contributed by atoms with Crippen LogP contribution in [0.15, 0.2) is 24.3 Å². The normalized spacial score (nSPS) is 43.6. The van der Waals surface area contributed by atoms with Gasteiger partial charge in [0.1, 0.15) is 23.9 Å². The standard InChI is InChI=1S/C26H35ClO10/c1-12-8-9-17(34-14(3)28)24(6)11-10-18(35-15(4)29)25(7,32)20(24)22(36-16(5)30)26(33)13(2)23(31)37-21(26)19(12)27/h10-11,13,17-22,32-33H,1,8-9H2,2-7H3. The van der Waals surface area contributed by atoms with Crippen LogP contribution in [-0.2, 0) is 38.1 Å². The van der Waals surface area contributed by atoms with Crippen LogP contribution < -0.4 is 0 Å². The quantitative estimate of drug-likeness (QED) is 0.235. The molecule has 0 aromatic heterocycles. The van der Waals surface area contributed by atoms with Gasteiger partial charge in [0.2, 0.25) is 0 Å². The first-order chi connectivity index (χ1) is 17.0. The number of fused-ring (bicyclic) bond motifs is 2. The summed E-state index contributed by atoms with van der Waals surface area (Å²) in [6, 6.07) is 0. The van der Waals surface area contributed by atoms with Crippen molar-refractivity contribution in [3.63, 3.8) is 0 Å². The molecule has 3 aliphatic rings. The van der Waals surface area contributed by atoms with Crippen LogP contribution >= 0.6 is 11.6 Å². The summed E-state index contributed by atoms with van der Waals surface area (Å²) in [5.74, 6) is -5.38. The van der Waals surface area contributed by atoms with Crippen molar-refractivity contribution in [3.8, 4) is 0 Å². The summed E-state index contributed by atoms with van der Waals surface area (Å²) in [4.78, 5) is 49.3. The molecule has 1 heterocycles. The van der Waals surface area contributed by atoms with Gasteiger partial charge in [0.25, 0.3) is 0 Å². The lowest BCUT2D eigenvalue weighted by atomic mass is 9.54. The summed E-state index contributed by atoms with van der Waals surface area (Å²) in [6.45, 7) is 12.0. The van der Waals surface area contributed by atoms with Crippen LogP contribution in [0.4, 0.5) is 0 Å². The second-order valence-electron chi connectivity index (χ2n) is 10.7. The van der Waals surface area contributed by atoms with Gasteiger partial charge in [-0.25, -0.2) is 0 Å². The minimum atomic E-state index is -2.24. The molecule has 10 unspecified atom stereocenters. The van der Waals surface area contributed by atoms with E-state index < -0.39 is 82.1 Å². The number of hydrogen-bond acceptors (Lipinski definition) is 10. The Balaban J connectivity index is 2.38. The van der Waals surface area contributed by atoms with Crippen LogP contribution in [0, 0.1) is 17.3 Å². The van der Waals surface area contributed by atoms with Crippen LogP contribution in [0.5, 0.6) is 0 Å². The summed E-state index contributed by atoms with van der Waals surface area (Å²) in [5, 5.41) is 23.2.